The number of carbonyl (C=O) groups is 1. The highest BCUT2D eigenvalue weighted by atomic mass is 35.5. The largest absolute Gasteiger partial charge is 0.497 e. The minimum Gasteiger partial charge on any atom is -0.497 e. The van der Waals surface area contributed by atoms with Crippen LogP contribution in [0.2, 0.25) is 5.02 Å². The van der Waals surface area contributed by atoms with Gasteiger partial charge in [-0.3, -0.25) is 4.79 Å². The molecule has 3 aromatic rings. The molecule has 0 bridgehead atoms. The normalized spacial score (nSPS) is 10.3. The Hall–Kier alpha value is -3.12. The van der Waals surface area contributed by atoms with Crippen LogP contribution in [0, 0.1) is 5.82 Å². The van der Waals surface area contributed by atoms with Gasteiger partial charge in [0.15, 0.2) is 0 Å². The number of halogens is 2. The molecule has 0 fully saturated rings. The van der Waals surface area contributed by atoms with Crippen molar-refractivity contribution in [3.8, 4) is 5.75 Å². The van der Waals surface area contributed by atoms with Crippen molar-refractivity contribution in [2.75, 3.05) is 12.4 Å². The van der Waals surface area contributed by atoms with Gasteiger partial charge >= 0.3 is 0 Å². The van der Waals surface area contributed by atoms with Crippen molar-refractivity contribution in [2.45, 2.75) is 6.54 Å². The van der Waals surface area contributed by atoms with E-state index >= 15 is 0 Å². The number of amides is 1. The minimum atomic E-state index is -0.498. The van der Waals surface area contributed by atoms with Gasteiger partial charge < -0.3 is 15.4 Å². The molecule has 27 heavy (non-hydrogen) atoms. The molecule has 0 aliphatic rings. The second-order valence-electron chi connectivity index (χ2n) is 5.71. The Morgan fingerprint density at radius 3 is 2.63 bits per heavy atom. The molecule has 138 valence electrons. The number of pyridine rings is 1. The number of hydrogen-bond acceptors (Lipinski definition) is 4. The number of nitrogens with zero attached hydrogens (tertiary/aromatic N) is 1. The van der Waals surface area contributed by atoms with Crippen molar-refractivity contribution in [1.82, 2.24) is 10.3 Å². The van der Waals surface area contributed by atoms with Crippen molar-refractivity contribution in [3.63, 3.8) is 0 Å². The van der Waals surface area contributed by atoms with E-state index in [0.29, 0.717) is 23.6 Å². The topological polar surface area (TPSA) is 63.2 Å². The summed E-state index contributed by atoms with van der Waals surface area (Å²) in [6, 6.07) is 14.9. The number of nitrogens with one attached hydrogen (secondary N) is 2. The molecule has 1 aromatic heterocycles. The zero-order valence-electron chi connectivity index (χ0n) is 14.5. The number of rotatable bonds is 6. The van der Waals surface area contributed by atoms with Crippen LogP contribution in [0.15, 0.2) is 60.8 Å². The number of aromatic nitrogens is 1. The molecule has 0 radical (unpaired) electrons. The first-order chi connectivity index (χ1) is 13.0. The Labute approximate surface area is 161 Å². The molecule has 0 aliphatic carbocycles. The lowest BCUT2D eigenvalue weighted by Gasteiger charge is -2.09. The molecule has 0 spiro atoms. The fourth-order valence-electron chi connectivity index (χ4n) is 2.39. The summed E-state index contributed by atoms with van der Waals surface area (Å²) in [5, 5.41) is 5.86. The van der Waals surface area contributed by atoms with E-state index in [0.717, 1.165) is 11.3 Å². The van der Waals surface area contributed by atoms with Crippen LogP contribution in [0.25, 0.3) is 0 Å². The standard InChI is InChI=1S/C20H17ClFN3O2/c1-27-16-5-2-13(3-6-16)12-24-20(26)14-8-9-23-19(10-14)25-15-4-7-18(22)17(21)11-15/h2-11H,12H2,1H3,(H,23,25)(H,24,26). The first-order valence-corrected chi connectivity index (χ1v) is 8.52. The average Bonchev–Trinajstić information content (AvgIpc) is 2.69. The third kappa shape index (κ3) is 4.95. The highest BCUT2D eigenvalue weighted by molar-refractivity contribution is 6.31. The summed E-state index contributed by atoms with van der Waals surface area (Å²) in [4.78, 5) is 16.5. The second-order valence-corrected chi connectivity index (χ2v) is 6.12. The molecule has 0 atom stereocenters. The molecule has 0 saturated carbocycles. The molecule has 3 rings (SSSR count). The van der Waals surface area contributed by atoms with Gasteiger partial charge in [-0.15, -0.1) is 0 Å². The van der Waals surface area contributed by atoms with Crippen LogP contribution in [0.5, 0.6) is 5.75 Å². The van der Waals surface area contributed by atoms with Gasteiger partial charge in [0, 0.05) is 24.0 Å². The summed E-state index contributed by atoms with van der Waals surface area (Å²) >= 11 is 5.77. The molecule has 0 aliphatic heterocycles. The first kappa shape index (κ1) is 18.7. The molecule has 1 amide bonds. The van der Waals surface area contributed by atoms with Crippen LogP contribution < -0.4 is 15.4 Å². The third-order valence-corrected chi connectivity index (χ3v) is 4.12. The van der Waals surface area contributed by atoms with Gasteiger partial charge in [0.25, 0.3) is 5.91 Å². The number of anilines is 2. The van der Waals surface area contributed by atoms with E-state index < -0.39 is 5.82 Å². The maximum absolute atomic E-state index is 13.2. The van der Waals surface area contributed by atoms with E-state index in [2.05, 4.69) is 15.6 Å². The first-order valence-electron chi connectivity index (χ1n) is 8.14. The van der Waals surface area contributed by atoms with E-state index in [4.69, 9.17) is 16.3 Å². The lowest BCUT2D eigenvalue weighted by atomic mass is 10.2. The molecular formula is C20H17ClFN3O2. The molecular weight excluding hydrogens is 369 g/mol. The lowest BCUT2D eigenvalue weighted by molar-refractivity contribution is 0.0951. The van der Waals surface area contributed by atoms with E-state index in [1.165, 1.54) is 18.3 Å². The highest BCUT2D eigenvalue weighted by Gasteiger charge is 2.08. The molecule has 0 saturated heterocycles. The van der Waals surface area contributed by atoms with Gasteiger partial charge in [0.1, 0.15) is 17.4 Å². The SMILES string of the molecule is COc1ccc(CNC(=O)c2ccnc(Nc3ccc(F)c(Cl)c3)c2)cc1. The monoisotopic (exact) mass is 385 g/mol. The maximum atomic E-state index is 13.2. The summed E-state index contributed by atoms with van der Waals surface area (Å²) < 4.78 is 18.3. The van der Waals surface area contributed by atoms with Gasteiger partial charge in [-0.1, -0.05) is 23.7 Å². The predicted molar refractivity (Wildman–Crippen MR) is 103 cm³/mol. The fourth-order valence-corrected chi connectivity index (χ4v) is 2.57. The summed E-state index contributed by atoms with van der Waals surface area (Å²) in [5.41, 5.74) is 1.98. The minimum absolute atomic E-state index is 0.00777. The van der Waals surface area contributed by atoms with Crippen LogP contribution in [-0.4, -0.2) is 18.0 Å². The van der Waals surface area contributed by atoms with E-state index in [9.17, 15) is 9.18 Å². The van der Waals surface area contributed by atoms with Crippen molar-refractivity contribution >= 4 is 29.0 Å². The van der Waals surface area contributed by atoms with Gasteiger partial charge in [-0.05, 0) is 48.0 Å². The number of ether oxygens (including phenoxy) is 1. The Kier molecular flexibility index (Phi) is 5.88. The molecule has 2 N–H and O–H groups in total. The third-order valence-electron chi connectivity index (χ3n) is 3.83. The van der Waals surface area contributed by atoms with E-state index in [1.54, 1.807) is 25.3 Å². The molecule has 5 nitrogen and oxygen atoms in total. The van der Waals surface area contributed by atoms with Crippen molar-refractivity contribution in [1.29, 1.82) is 0 Å². The zero-order valence-corrected chi connectivity index (χ0v) is 15.3. The van der Waals surface area contributed by atoms with Crippen LogP contribution in [0.4, 0.5) is 15.9 Å². The van der Waals surface area contributed by atoms with Gasteiger partial charge in [0.05, 0.1) is 12.1 Å². The maximum Gasteiger partial charge on any atom is 0.251 e. The Morgan fingerprint density at radius 1 is 1.15 bits per heavy atom. The van der Waals surface area contributed by atoms with Gasteiger partial charge in [-0.25, -0.2) is 9.37 Å². The van der Waals surface area contributed by atoms with Crippen LogP contribution in [-0.2, 0) is 6.54 Å². The Morgan fingerprint density at radius 2 is 1.93 bits per heavy atom. The van der Waals surface area contributed by atoms with Crippen LogP contribution in [0.1, 0.15) is 15.9 Å². The smallest absolute Gasteiger partial charge is 0.251 e. The summed E-state index contributed by atoms with van der Waals surface area (Å²) in [6.07, 6.45) is 1.52. The highest BCUT2D eigenvalue weighted by Crippen LogP contribution is 2.22. The Balaban J connectivity index is 1.64. The van der Waals surface area contributed by atoms with Crippen molar-refractivity contribution in [3.05, 3.63) is 82.8 Å². The molecule has 2 aromatic carbocycles. The van der Waals surface area contributed by atoms with Gasteiger partial charge in [-0.2, -0.15) is 0 Å². The number of carbonyl (C=O) groups excluding carboxylic acids is 1. The number of hydrogen-bond donors (Lipinski definition) is 2. The molecule has 7 heteroatoms. The quantitative estimate of drug-likeness (QED) is 0.653. The second kappa shape index (κ2) is 8.51. The Bertz CT molecular complexity index is 948. The zero-order chi connectivity index (χ0) is 19.2. The van der Waals surface area contributed by atoms with Crippen LogP contribution in [0.3, 0.4) is 0 Å². The number of methoxy groups -OCH3 is 1. The lowest BCUT2D eigenvalue weighted by Crippen LogP contribution is -2.22. The van der Waals surface area contributed by atoms with Crippen molar-refractivity contribution in [2.24, 2.45) is 0 Å². The summed E-state index contributed by atoms with van der Waals surface area (Å²) in [7, 11) is 1.60. The van der Waals surface area contributed by atoms with E-state index in [-0.39, 0.29) is 10.9 Å². The summed E-state index contributed by atoms with van der Waals surface area (Å²) in [5.74, 6) is 0.487. The molecule has 0 unspecified atom stereocenters. The van der Waals surface area contributed by atoms with E-state index in [1.807, 2.05) is 24.3 Å². The van der Waals surface area contributed by atoms with Gasteiger partial charge in [0.2, 0.25) is 0 Å². The molecule has 1 heterocycles. The predicted octanol–water partition coefficient (Wildman–Crippen LogP) is 4.56. The van der Waals surface area contributed by atoms with Crippen LogP contribution >= 0.6 is 11.6 Å². The fraction of sp³-hybridized carbons (Fsp3) is 0.100. The van der Waals surface area contributed by atoms with Crippen molar-refractivity contribution < 1.29 is 13.9 Å². The average molecular weight is 386 g/mol. The number of benzene rings is 2. The summed E-state index contributed by atoms with van der Waals surface area (Å²) in [6.45, 7) is 0.390.